The molecule has 0 bridgehead atoms. The molecule has 0 aliphatic heterocycles. The number of halogens is 4. The second kappa shape index (κ2) is 6.75. The van der Waals surface area contributed by atoms with Crippen LogP contribution in [0.2, 0.25) is 0 Å². The number of hydrogen-bond acceptors (Lipinski definition) is 2. The zero-order valence-corrected chi connectivity index (χ0v) is 14.5. The van der Waals surface area contributed by atoms with Gasteiger partial charge in [-0.15, -0.1) is 0 Å². The first-order valence-electron chi connectivity index (χ1n) is 5.98. The van der Waals surface area contributed by atoms with Gasteiger partial charge in [0.15, 0.2) is 11.5 Å². The quantitative estimate of drug-likeness (QED) is 0.629. The molecule has 0 saturated heterocycles. The van der Waals surface area contributed by atoms with E-state index >= 15 is 0 Å². The van der Waals surface area contributed by atoms with E-state index in [1.165, 1.54) is 26.4 Å². The van der Waals surface area contributed by atoms with Gasteiger partial charge in [0.2, 0.25) is 0 Å². The Bertz CT molecular complexity index is 662. The Morgan fingerprint density at radius 3 is 2.14 bits per heavy atom. The molecule has 1 atom stereocenters. The van der Waals surface area contributed by atoms with E-state index in [1.54, 1.807) is 12.1 Å². The van der Waals surface area contributed by atoms with Crippen LogP contribution in [0.15, 0.2) is 34.8 Å². The molecule has 0 amide bonds. The number of hydrogen-bond donors (Lipinski definition) is 0. The fraction of sp³-hybridized carbons (Fsp3) is 0.200. The monoisotopic (exact) mass is 420 g/mol. The summed E-state index contributed by atoms with van der Waals surface area (Å²) >= 11 is 6.87. The van der Waals surface area contributed by atoms with Crippen molar-refractivity contribution in [1.29, 1.82) is 0 Å². The average molecular weight is 422 g/mol. The molecule has 0 aliphatic rings. The van der Waals surface area contributed by atoms with Crippen LogP contribution in [0.5, 0.6) is 11.5 Å². The van der Waals surface area contributed by atoms with Crippen LogP contribution < -0.4 is 9.47 Å². The van der Waals surface area contributed by atoms with E-state index in [0.717, 1.165) is 16.1 Å². The van der Waals surface area contributed by atoms with Crippen LogP contribution in [-0.2, 0) is 0 Å². The lowest BCUT2D eigenvalue weighted by atomic mass is 10.0. The predicted octanol–water partition coefficient (Wildman–Crippen LogP) is 5.23. The zero-order valence-electron chi connectivity index (χ0n) is 11.3. The van der Waals surface area contributed by atoms with Gasteiger partial charge >= 0.3 is 0 Å². The largest absolute Gasteiger partial charge is 0.493 e. The summed E-state index contributed by atoms with van der Waals surface area (Å²) < 4.78 is 38.1. The maximum atomic E-state index is 13.9. The number of rotatable bonds is 4. The topological polar surface area (TPSA) is 18.5 Å². The molecule has 0 N–H and O–H groups in total. The van der Waals surface area contributed by atoms with Crippen LogP contribution in [0.1, 0.15) is 16.0 Å². The number of methoxy groups -OCH3 is 2. The predicted molar refractivity (Wildman–Crippen MR) is 84.4 cm³/mol. The number of ether oxygens (including phenoxy) is 2. The van der Waals surface area contributed by atoms with E-state index in [1.807, 2.05) is 0 Å². The van der Waals surface area contributed by atoms with Gasteiger partial charge in [-0.2, -0.15) is 0 Å². The minimum Gasteiger partial charge on any atom is -0.493 e. The van der Waals surface area contributed by atoms with Crippen LogP contribution in [-0.4, -0.2) is 14.2 Å². The van der Waals surface area contributed by atoms with Crippen LogP contribution in [0.4, 0.5) is 8.78 Å². The molecule has 0 aromatic heterocycles. The molecule has 0 fully saturated rings. The first-order valence-corrected chi connectivity index (χ1v) is 7.69. The SMILES string of the molecule is COc1cc(Br)c(C(Br)c2ccc(F)cc2F)cc1OC. The fourth-order valence-electron chi connectivity index (χ4n) is 1.94. The first-order chi connectivity index (χ1) is 9.97. The molecule has 0 spiro atoms. The molecule has 0 aliphatic carbocycles. The molecule has 2 rings (SSSR count). The fourth-order valence-corrected chi connectivity index (χ4v) is 3.55. The smallest absolute Gasteiger partial charge is 0.161 e. The lowest BCUT2D eigenvalue weighted by molar-refractivity contribution is 0.354. The van der Waals surface area contributed by atoms with E-state index in [2.05, 4.69) is 31.9 Å². The maximum absolute atomic E-state index is 13.9. The highest BCUT2D eigenvalue weighted by Crippen LogP contribution is 2.42. The van der Waals surface area contributed by atoms with Crippen molar-refractivity contribution in [2.24, 2.45) is 0 Å². The highest BCUT2D eigenvalue weighted by Gasteiger charge is 2.20. The highest BCUT2D eigenvalue weighted by molar-refractivity contribution is 9.11. The third-order valence-corrected chi connectivity index (χ3v) is 4.68. The summed E-state index contributed by atoms with van der Waals surface area (Å²) in [5.74, 6) is -0.129. The minimum absolute atomic E-state index is 0.337. The van der Waals surface area contributed by atoms with E-state index < -0.39 is 16.5 Å². The Morgan fingerprint density at radius 1 is 0.952 bits per heavy atom. The highest BCUT2D eigenvalue weighted by atomic mass is 79.9. The van der Waals surface area contributed by atoms with E-state index in [0.29, 0.717) is 17.1 Å². The normalized spacial score (nSPS) is 12.1. The summed E-state index contributed by atoms with van der Waals surface area (Å²) in [4.78, 5) is -0.452. The molecule has 2 aromatic rings. The minimum atomic E-state index is -0.612. The van der Waals surface area contributed by atoms with Crippen molar-refractivity contribution in [1.82, 2.24) is 0 Å². The van der Waals surface area contributed by atoms with Crippen molar-refractivity contribution in [2.45, 2.75) is 4.83 Å². The Balaban J connectivity index is 2.50. The first kappa shape index (κ1) is 16.2. The lowest BCUT2D eigenvalue weighted by Gasteiger charge is -2.17. The van der Waals surface area contributed by atoms with Crippen LogP contribution in [0, 0.1) is 11.6 Å². The lowest BCUT2D eigenvalue weighted by Crippen LogP contribution is -2.00. The van der Waals surface area contributed by atoms with Gasteiger partial charge in [0.05, 0.1) is 19.0 Å². The number of benzene rings is 2. The molecular formula is C15H12Br2F2O2. The van der Waals surface area contributed by atoms with Crippen molar-refractivity contribution in [2.75, 3.05) is 14.2 Å². The van der Waals surface area contributed by atoms with Crippen molar-refractivity contribution in [3.05, 3.63) is 57.6 Å². The molecule has 2 aromatic carbocycles. The van der Waals surface area contributed by atoms with Crippen LogP contribution in [0.25, 0.3) is 0 Å². The molecule has 0 saturated carbocycles. The molecule has 2 nitrogen and oxygen atoms in total. The van der Waals surface area contributed by atoms with Crippen LogP contribution in [0.3, 0.4) is 0 Å². The van der Waals surface area contributed by atoms with Gasteiger partial charge in [-0.3, -0.25) is 0 Å². The van der Waals surface area contributed by atoms with Crippen molar-refractivity contribution in [3.63, 3.8) is 0 Å². The Hall–Kier alpha value is -1.14. The molecule has 112 valence electrons. The van der Waals surface area contributed by atoms with Crippen molar-refractivity contribution < 1.29 is 18.3 Å². The summed E-state index contributed by atoms with van der Waals surface area (Å²) in [5.41, 5.74) is 1.09. The third kappa shape index (κ3) is 3.37. The maximum Gasteiger partial charge on any atom is 0.161 e. The van der Waals surface area contributed by atoms with Crippen molar-refractivity contribution >= 4 is 31.9 Å². The summed E-state index contributed by atoms with van der Waals surface area (Å²) in [7, 11) is 3.06. The van der Waals surface area contributed by atoms with Gasteiger partial charge in [0.25, 0.3) is 0 Å². The Morgan fingerprint density at radius 2 is 1.57 bits per heavy atom. The molecular weight excluding hydrogens is 410 g/mol. The molecule has 0 radical (unpaired) electrons. The molecule has 6 heteroatoms. The Labute approximate surface area is 138 Å². The summed E-state index contributed by atoms with van der Waals surface area (Å²) in [6.07, 6.45) is 0. The van der Waals surface area contributed by atoms with Gasteiger partial charge in [-0.25, -0.2) is 8.78 Å². The summed E-state index contributed by atoms with van der Waals surface area (Å²) in [5, 5.41) is 0. The van der Waals surface area contributed by atoms with Crippen LogP contribution >= 0.6 is 31.9 Å². The van der Waals surface area contributed by atoms with Gasteiger partial charge in [0, 0.05) is 16.1 Å². The van der Waals surface area contributed by atoms with E-state index in [4.69, 9.17) is 9.47 Å². The molecule has 0 heterocycles. The average Bonchev–Trinajstić information content (AvgIpc) is 2.46. The second-order valence-corrected chi connectivity index (χ2v) is 6.03. The summed E-state index contributed by atoms with van der Waals surface area (Å²) in [6, 6.07) is 6.97. The van der Waals surface area contributed by atoms with Gasteiger partial charge in [-0.05, 0) is 23.8 Å². The van der Waals surface area contributed by atoms with E-state index in [-0.39, 0.29) is 0 Å². The third-order valence-electron chi connectivity index (χ3n) is 3.01. The zero-order chi connectivity index (χ0) is 15.6. The van der Waals surface area contributed by atoms with Crippen molar-refractivity contribution in [3.8, 4) is 11.5 Å². The summed E-state index contributed by atoms with van der Waals surface area (Å²) in [6.45, 7) is 0. The van der Waals surface area contributed by atoms with Gasteiger partial charge < -0.3 is 9.47 Å². The molecule has 1 unspecified atom stereocenters. The van der Waals surface area contributed by atoms with Gasteiger partial charge in [0.1, 0.15) is 11.6 Å². The Kier molecular flexibility index (Phi) is 5.22. The van der Waals surface area contributed by atoms with Gasteiger partial charge in [-0.1, -0.05) is 37.9 Å². The standard InChI is InChI=1S/C15H12Br2F2O2/c1-20-13-6-10(11(16)7-14(13)21-2)15(17)9-4-3-8(18)5-12(9)19/h3-7,15H,1-2H3. The van der Waals surface area contributed by atoms with E-state index in [9.17, 15) is 8.78 Å². The number of alkyl halides is 1. The molecule has 21 heavy (non-hydrogen) atoms. The second-order valence-electron chi connectivity index (χ2n) is 4.26.